The number of halogens is 4. The number of ether oxygens (including phenoxy) is 1. The predicted octanol–water partition coefficient (Wildman–Crippen LogP) is 5.27. The Balaban J connectivity index is 0.000000197. The van der Waals surface area contributed by atoms with E-state index in [-0.39, 0.29) is 25.3 Å². The van der Waals surface area contributed by atoms with Crippen LogP contribution in [0, 0.1) is 48.0 Å². The number of nitrogen functional groups attached to an aromatic ring is 1. The van der Waals surface area contributed by atoms with Gasteiger partial charge in [0, 0.05) is 58.9 Å². The maximum Gasteiger partial charge on any atom is 0.139 e. The SMILES string of the molecule is C#Cc1cccc(N)c1.C#Cc1cccc(NCC(O)(Cn2cncn2)c2ccc(F)cc2F)c1.CCO.Fc1ccc(C2(Cn3cncn3)CO2)c(F)c1. The van der Waals surface area contributed by atoms with Gasteiger partial charge in [-0.3, -0.25) is 0 Å². The highest BCUT2D eigenvalue weighted by molar-refractivity contribution is 5.50. The van der Waals surface area contributed by atoms with Crippen LogP contribution >= 0.6 is 0 Å². The summed E-state index contributed by atoms with van der Waals surface area (Å²) in [4.78, 5) is 7.63. The average molecular weight is 755 g/mol. The van der Waals surface area contributed by atoms with Gasteiger partial charge in [-0.2, -0.15) is 10.2 Å². The molecule has 2 aromatic heterocycles. The number of aliphatic hydroxyl groups is 2. The maximum absolute atomic E-state index is 14.3. The Morgan fingerprint density at radius 1 is 0.855 bits per heavy atom. The van der Waals surface area contributed by atoms with E-state index >= 15 is 0 Å². The fraction of sp³-hybridized carbons (Fsp3) is 0.200. The summed E-state index contributed by atoms with van der Waals surface area (Å²) in [5, 5.41) is 29.7. The van der Waals surface area contributed by atoms with Crippen LogP contribution in [0.3, 0.4) is 0 Å². The fourth-order valence-corrected chi connectivity index (χ4v) is 5.14. The molecule has 4 aromatic carbocycles. The van der Waals surface area contributed by atoms with Crippen LogP contribution in [0.2, 0.25) is 0 Å². The molecule has 6 aromatic rings. The van der Waals surface area contributed by atoms with Gasteiger partial charge in [-0.1, -0.05) is 36.1 Å². The number of anilines is 2. The summed E-state index contributed by atoms with van der Waals surface area (Å²) in [5.74, 6) is 2.26. The number of nitrogens with zero attached hydrogens (tertiary/aromatic N) is 6. The summed E-state index contributed by atoms with van der Waals surface area (Å²) in [6.07, 6.45) is 16.1. The van der Waals surface area contributed by atoms with Crippen LogP contribution in [0.5, 0.6) is 0 Å². The van der Waals surface area contributed by atoms with E-state index in [0.29, 0.717) is 35.7 Å². The first-order chi connectivity index (χ1) is 26.4. The van der Waals surface area contributed by atoms with Gasteiger partial charge in [0.1, 0.15) is 59.8 Å². The molecule has 0 amide bonds. The van der Waals surface area contributed by atoms with E-state index < -0.39 is 34.5 Å². The molecular formula is C40H38F4N8O3. The number of benzene rings is 4. The number of hydrogen-bond donors (Lipinski definition) is 4. The van der Waals surface area contributed by atoms with Crippen molar-refractivity contribution in [2.24, 2.45) is 0 Å². The summed E-state index contributed by atoms with van der Waals surface area (Å²) < 4.78 is 62.3. The van der Waals surface area contributed by atoms with Crippen LogP contribution in [0.15, 0.2) is 110 Å². The molecule has 3 heterocycles. The smallest absolute Gasteiger partial charge is 0.139 e. The summed E-state index contributed by atoms with van der Waals surface area (Å²) in [6.45, 7) is 2.58. The van der Waals surface area contributed by atoms with Crippen LogP contribution < -0.4 is 11.1 Å². The Labute approximate surface area is 315 Å². The van der Waals surface area contributed by atoms with Crippen molar-refractivity contribution in [3.8, 4) is 24.7 Å². The van der Waals surface area contributed by atoms with Crippen LogP contribution in [0.4, 0.5) is 28.9 Å². The highest BCUT2D eigenvalue weighted by atomic mass is 19.1. The number of epoxide rings is 1. The fourth-order valence-electron chi connectivity index (χ4n) is 5.14. The Bertz CT molecular complexity index is 2200. The van der Waals surface area contributed by atoms with Crippen molar-refractivity contribution in [3.05, 3.63) is 156 Å². The van der Waals surface area contributed by atoms with Crippen molar-refractivity contribution in [3.63, 3.8) is 0 Å². The summed E-state index contributed by atoms with van der Waals surface area (Å²) in [6, 6.07) is 20.9. The van der Waals surface area contributed by atoms with Crippen LogP contribution in [-0.2, 0) is 29.0 Å². The van der Waals surface area contributed by atoms with E-state index in [4.69, 9.17) is 28.4 Å². The van der Waals surface area contributed by atoms with Gasteiger partial charge in [0.15, 0.2) is 0 Å². The lowest BCUT2D eigenvalue weighted by molar-refractivity contribution is 0.0247. The molecule has 0 spiro atoms. The zero-order valence-electron chi connectivity index (χ0n) is 29.7. The molecule has 2 unspecified atom stereocenters. The Morgan fingerprint density at radius 2 is 1.44 bits per heavy atom. The molecule has 1 fully saturated rings. The lowest BCUT2D eigenvalue weighted by Gasteiger charge is -2.29. The van der Waals surface area contributed by atoms with Crippen LogP contribution in [-0.4, -0.2) is 59.5 Å². The summed E-state index contributed by atoms with van der Waals surface area (Å²) in [7, 11) is 0. The van der Waals surface area contributed by atoms with E-state index in [1.54, 1.807) is 48.0 Å². The lowest BCUT2D eigenvalue weighted by atomic mass is 9.92. The highest BCUT2D eigenvalue weighted by Gasteiger charge is 2.49. The van der Waals surface area contributed by atoms with E-state index in [1.165, 1.54) is 48.2 Å². The first-order valence-electron chi connectivity index (χ1n) is 16.6. The van der Waals surface area contributed by atoms with E-state index in [2.05, 4.69) is 37.3 Å². The highest BCUT2D eigenvalue weighted by Crippen LogP contribution is 2.41. The molecule has 5 N–H and O–H groups in total. The number of rotatable bonds is 9. The number of hydrogen-bond acceptors (Lipinski definition) is 9. The molecule has 0 radical (unpaired) electrons. The molecule has 0 bridgehead atoms. The van der Waals surface area contributed by atoms with Crippen LogP contribution in [0.1, 0.15) is 29.2 Å². The molecule has 11 nitrogen and oxygen atoms in total. The van der Waals surface area contributed by atoms with Crippen molar-refractivity contribution in [2.75, 3.05) is 30.8 Å². The lowest BCUT2D eigenvalue weighted by Crippen LogP contribution is -2.39. The maximum atomic E-state index is 14.3. The Morgan fingerprint density at radius 3 is 1.96 bits per heavy atom. The summed E-state index contributed by atoms with van der Waals surface area (Å²) in [5.41, 5.74) is 6.20. The molecular weight excluding hydrogens is 716 g/mol. The molecule has 15 heteroatoms. The number of nitrogens with two attached hydrogens (primary N) is 1. The number of terminal acetylenes is 2. The van der Waals surface area contributed by atoms with Gasteiger partial charge in [-0.25, -0.2) is 36.9 Å². The molecule has 1 aliphatic heterocycles. The van der Waals surface area contributed by atoms with Gasteiger partial charge >= 0.3 is 0 Å². The third-order valence-corrected chi connectivity index (χ3v) is 7.79. The molecule has 7 rings (SSSR count). The third kappa shape index (κ3) is 12.0. The van der Waals surface area contributed by atoms with Gasteiger partial charge in [0.05, 0.1) is 19.7 Å². The van der Waals surface area contributed by atoms with Gasteiger partial charge in [-0.05, 0) is 55.5 Å². The van der Waals surface area contributed by atoms with Gasteiger partial charge < -0.3 is 26.0 Å². The zero-order chi connectivity index (χ0) is 39.8. The van der Waals surface area contributed by atoms with Gasteiger partial charge in [-0.15, -0.1) is 12.8 Å². The zero-order valence-corrected chi connectivity index (χ0v) is 29.7. The van der Waals surface area contributed by atoms with Crippen LogP contribution in [0.25, 0.3) is 0 Å². The van der Waals surface area contributed by atoms with Crippen molar-refractivity contribution in [1.29, 1.82) is 0 Å². The van der Waals surface area contributed by atoms with E-state index in [0.717, 1.165) is 23.8 Å². The molecule has 1 saturated heterocycles. The number of aromatic nitrogens is 6. The average Bonchev–Trinajstić information content (AvgIpc) is 3.46. The van der Waals surface area contributed by atoms with E-state index in [1.807, 2.05) is 12.1 Å². The Kier molecular flexibility index (Phi) is 14.6. The summed E-state index contributed by atoms with van der Waals surface area (Å²) >= 11 is 0. The number of aliphatic hydroxyl groups excluding tert-OH is 1. The normalized spacial score (nSPS) is 14.9. The first-order valence-corrected chi connectivity index (χ1v) is 16.6. The number of nitrogens with one attached hydrogen (secondary N) is 1. The molecule has 284 valence electrons. The molecule has 0 saturated carbocycles. The van der Waals surface area contributed by atoms with Gasteiger partial charge in [0.25, 0.3) is 0 Å². The molecule has 2 atom stereocenters. The second kappa shape index (κ2) is 19.5. The second-order valence-corrected chi connectivity index (χ2v) is 11.9. The molecule has 1 aliphatic rings. The minimum Gasteiger partial charge on any atom is -0.399 e. The molecule has 55 heavy (non-hydrogen) atoms. The van der Waals surface area contributed by atoms with Crippen molar-refractivity contribution >= 4 is 11.4 Å². The van der Waals surface area contributed by atoms with E-state index in [9.17, 15) is 22.7 Å². The third-order valence-electron chi connectivity index (χ3n) is 7.79. The first kappa shape index (κ1) is 41.2. The second-order valence-electron chi connectivity index (χ2n) is 11.9. The monoisotopic (exact) mass is 754 g/mol. The topological polar surface area (TPSA) is 152 Å². The Hall–Kier alpha value is -6.52. The van der Waals surface area contributed by atoms with Crippen molar-refractivity contribution in [2.45, 2.75) is 31.2 Å². The standard InChI is InChI=1S/C19H16F2N4O.C11H9F2N3O.C8H7N.C2H6O/c1-2-14-4-3-5-16(8-14)23-10-19(26,11-25-13-22-12-24-25)17-7-6-15(20)9-18(17)21;12-8-1-2-9(10(13)3-8)11(5-17-11)4-16-7-14-6-15-16;1-2-7-4-3-5-8(9)6-7;1-2-3/h1,3-9,12-13,23,26H,10-11H2;1-3,6-7H,4-5H2;1,3-6H,9H2;3H,2H2,1H3. The quantitative estimate of drug-likeness (QED) is 0.0670. The van der Waals surface area contributed by atoms with Crippen molar-refractivity contribution in [1.82, 2.24) is 29.5 Å². The largest absolute Gasteiger partial charge is 0.399 e. The minimum atomic E-state index is -1.70. The molecule has 0 aliphatic carbocycles. The van der Waals surface area contributed by atoms with Crippen molar-refractivity contribution < 1.29 is 32.5 Å². The van der Waals surface area contributed by atoms with Gasteiger partial charge in [0.2, 0.25) is 0 Å². The minimum absolute atomic E-state index is 0.0463. The predicted molar refractivity (Wildman–Crippen MR) is 199 cm³/mol.